The van der Waals surface area contributed by atoms with Crippen molar-refractivity contribution in [1.82, 2.24) is 10.2 Å². The van der Waals surface area contributed by atoms with Crippen LogP contribution in [0.5, 0.6) is 11.5 Å². The predicted molar refractivity (Wildman–Crippen MR) is 117 cm³/mol. The van der Waals surface area contributed by atoms with Gasteiger partial charge in [0, 0.05) is 38.1 Å². The van der Waals surface area contributed by atoms with Crippen molar-refractivity contribution in [3.05, 3.63) is 59.7 Å². The second-order valence-electron chi connectivity index (χ2n) is 7.10. The summed E-state index contributed by atoms with van der Waals surface area (Å²) in [6.07, 6.45) is 0. The number of likely N-dealkylation sites (tertiary alicyclic amines) is 1. The average Bonchev–Trinajstić information content (AvgIpc) is 3.07. The van der Waals surface area contributed by atoms with E-state index in [9.17, 15) is 4.79 Å². The fraction of sp³-hybridized carbons (Fsp3) is 0.409. The van der Waals surface area contributed by atoms with E-state index in [4.69, 9.17) is 15.2 Å². The third-order valence-corrected chi connectivity index (χ3v) is 5.04. The van der Waals surface area contributed by atoms with Crippen molar-refractivity contribution in [1.29, 1.82) is 0 Å². The number of likely N-dealkylation sites (N-methyl/N-ethyl adjacent to an activating group) is 1. The van der Waals surface area contributed by atoms with Crippen LogP contribution in [0.2, 0.25) is 0 Å². The highest BCUT2D eigenvalue weighted by atomic mass is 35.5. The van der Waals surface area contributed by atoms with Crippen LogP contribution in [0.25, 0.3) is 0 Å². The van der Waals surface area contributed by atoms with Gasteiger partial charge in [0.25, 0.3) is 5.91 Å². The first-order chi connectivity index (χ1) is 13.6. The lowest BCUT2D eigenvalue weighted by Crippen LogP contribution is -2.28. The number of hydrogen-bond donors (Lipinski definition) is 2. The zero-order valence-corrected chi connectivity index (χ0v) is 17.8. The molecule has 1 amide bonds. The molecule has 1 saturated heterocycles. The van der Waals surface area contributed by atoms with E-state index in [1.807, 2.05) is 31.2 Å². The molecule has 1 aliphatic heterocycles. The van der Waals surface area contributed by atoms with E-state index in [1.165, 1.54) is 5.56 Å². The number of ether oxygens (including phenoxy) is 2. The molecule has 7 heteroatoms. The summed E-state index contributed by atoms with van der Waals surface area (Å²) in [6.45, 7) is 5.02. The molecule has 0 radical (unpaired) electrons. The van der Waals surface area contributed by atoms with Gasteiger partial charge >= 0.3 is 0 Å². The van der Waals surface area contributed by atoms with Gasteiger partial charge in [-0.05, 0) is 30.2 Å². The number of carbonyl (C=O) groups excluding carboxylic acids is 1. The van der Waals surface area contributed by atoms with Gasteiger partial charge in [0.15, 0.2) is 18.1 Å². The van der Waals surface area contributed by atoms with Crippen LogP contribution < -0.4 is 20.5 Å². The van der Waals surface area contributed by atoms with Gasteiger partial charge in [-0.2, -0.15) is 0 Å². The molecule has 2 aromatic carbocycles. The summed E-state index contributed by atoms with van der Waals surface area (Å²) in [4.78, 5) is 14.0. The highest BCUT2D eigenvalue weighted by Gasteiger charge is 2.31. The largest absolute Gasteiger partial charge is 0.493 e. The molecule has 1 fully saturated rings. The zero-order valence-electron chi connectivity index (χ0n) is 17.0. The molecule has 6 nitrogen and oxygen atoms in total. The fourth-order valence-electron chi connectivity index (χ4n) is 3.67. The minimum absolute atomic E-state index is 0. The Bertz CT molecular complexity index is 788. The number of carbonyl (C=O) groups is 1. The summed E-state index contributed by atoms with van der Waals surface area (Å²) in [6, 6.07) is 16.4. The molecule has 3 N–H and O–H groups in total. The van der Waals surface area contributed by atoms with E-state index in [-0.39, 0.29) is 31.0 Å². The lowest BCUT2D eigenvalue weighted by Gasteiger charge is -2.17. The third kappa shape index (κ3) is 6.10. The van der Waals surface area contributed by atoms with Gasteiger partial charge < -0.3 is 20.5 Å². The molecular weight excluding hydrogens is 390 g/mol. The molecule has 2 aromatic rings. The molecule has 3 rings (SSSR count). The normalized spacial score (nSPS) is 18.7. The third-order valence-electron chi connectivity index (χ3n) is 5.04. The van der Waals surface area contributed by atoms with Crippen LogP contribution in [0, 0.1) is 0 Å². The summed E-state index contributed by atoms with van der Waals surface area (Å²) in [5.74, 6) is 1.40. The standard InChI is InChI=1S/C22H29N3O3.ClH/c1-3-24-22(26)15-28-20-10-9-16(11-21(20)27-2)12-25-13-18(19(23)14-25)17-7-5-4-6-8-17;/h4-11,18-19H,3,12-15,23H2,1-2H3,(H,24,26);1H/t18-,19+;/m0./s1. The van der Waals surface area contributed by atoms with Gasteiger partial charge in [0.05, 0.1) is 7.11 Å². The van der Waals surface area contributed by atoms with Crippen molar-refractivity contribution >= 4 is 18.3 Å². The number of rotatable bonds is 8. The SMILES string of the molecule is CCNC(=O)COc1ccc(CN2C[C@@H](N)[C@H](c3ccccc3)C2)cc1OC.Cl. The number of amides is 1. The van der Waals surface area contributed by atoms with Crippen LogP contribution in [0.4, 0.5) is 0 Å². The van der Waals surface area contributed by atoms with E-state index in [0.29, 0.717) is 24.0 Å². The lowest BCUT2D eigenvalue weighted by molar-refractivity contribution is -0.123. The molecule has 1 heterocycles. The van der Waals surface area contributed by atoms with Crippen molar-refractivity contribution < 1.29 is 14.3 Å². The van der Waals surface area contributed by atoms with E-state index in [2.05, 4.69) is 34.5 Å². The second-order valence-corrected chi connectivity index (χ2v) is 7.10. The van der Waals surface area contributed by atoms with E-state index < -0.39 is 0 Å². The predicted octanol–water partition coefficient (Wildman–Crippen LogP) is 2.56. The van der Waals surface area contributed by atoms with Gasteiger partial charge in [-0.15, -0.1) is 12.4 Å². The quantitative estimate of drug-likeness (QED) is 0.687. The molecule has 0 aromatic heterocycles. The number of nitrogens with one attached hydrogen (secondary N) is 1. The topological polar surface area (TPSA) is 76.8 Å². The second kappa shape index (κ2) is 11.0. The minimum Gasteiger partial charge on any atom is -0.493 e. The molecule has 158 valence electrons. The Morgan fingerprint density at radius 2 is 1.93 bits per heavy atom. The van der Waals surface area contributed by atoms with Crippen LogP contribution in [0.1, 0.15) is 24.0 Å². The van der Waals surface area contributed by atoms with Crippen LogP contribution in [-0.4, -0.2) is 50.2 Å². The average molecular weight is 420 g/mol. The molecule has 2 atom stereocenters. The number of halogens is 1. The Morgan fingerprint density at radius 3 is 2.62 bits per heavy atom. The number of nitrogens with two attached hydrogens (primary N) is 1. The van der Waals surface area contributed by atoms with Crippen molar-refractivity contribution in [2.24, 2.45) is 5.73 Å². The van der Waals surface area contributed by atoms with Gasteiger partial charge in [0.1, 0.15) is 0 Å². The number of nitrogens with zero attached hydrogens (tertiary/aromatic N) is 1. The van der Waals surface area contributed by atoms with Crippen molar-refractivity contribution in [2.45, 2.75) is 25.4 Å². The minimum atomic E-state index is -0.147. The molecular formula is C22H30ClN3O3. The molecule has 0 unspecified atom stereocenters. The zero-order chi connectivity index (χ0) is 19.9. The Balaban J connectivity index is 0.00000300. The number of hydrogen-bond acceptors (Lipinski definition) is 5. The lowest BCUT2D eigenvalue weighted by atomic mass is 9.95. The first kappa shape index (κ1) is 23.0. The van der Waals surface area contributed by atoms with E-state index in [1.54, 1.807) is 7.11 Å². The van der Waals surface area contributed by atoms with Crippen LogP contribution in [0.15, 0.2) is 48.5 Å². The molecule has 0 spiro atoms. The summed E-state index contributed by atoms with van der Waals surface area (Å²) in [5, 5.41) is 2.71. The summed E-state index contributed by atoms with van der Waals surface area (Å²) >= 11 is 0. The highest BCUT2D eigenvalue weighted by Crippen LogP contribution is 2.31. The first-order valence-corrected chi connectivity index (χ1v) is 9.70. The van der Waals surface area contributed by atoms with E-state index in [0.717, 1.165) is 25.2 Å². The van der Waals surface area contributed by atoms with Gasteiger partial charge in [-0.1, -0.05) is 36.4 Å². The van der Waals surface area contributed by atoms with Crippen molar-refractivity contribution in [3.8, 4) is 11.5 Å². The van der Waals surface area contributed by atoms with Crippen LogP contribution >= 0.6 is 12.4 Å². The maximum atomic E-state index is 11.6. The van der Waals surface area contributed by atoms with Crippen molar-refractivity contribution in [3.63, 3.8) is 0 Å². The Morgan fingerprint density at radius 1 is 1.17 bits per heavy atom. The van der Waals surface area contributed by atoms with Crippen LogP contribution in [0.3, 0.4) is 0 Å². The number of benzene rings is 2. The molecule has 29 heavy (non-hydrogen) atoms. The van der Waals surface area contributed by atoms with Gasteiger partial charge in [-0.3, -0.25) is 9.69 Å². The van der Waals surface area contributed by atoms with Gasteiger partial charge in [-0.25, -0.2) is 0 Å². The smallest absolute Gasteiger partial charge is 0.257 e. The van der Waals surface area contributed by atoms with Gasteiger partial charge in [0.2, 0.25) is 0 Å². The summed E-state index contributed by atoms with van der Waals surface area (Å²) in [5.41, 5.74) is 8.83. The van der Waals surface area contributed by atoms with Crippen molar-refractivity contribution in [2.75, 3.05) is 33.4 Å². The first-order valence-electron chi connectivity index (χ1n) is 9.70. The fourth-order valence-corrected chi connectivity index (χ4v) is 3.67. The molecule has 0 aliphatic carbocycles. The number of methoxy groups -OCH3 is 1. The van der Waals surface area contributed by atoms with Crippen LogP contribution in [-0.2, 0) is 11.3 Å². The molecule has 1 aliphatic rings. The summed E-state index contributed by atoms with van der Waals surface area (Å²) < 4.78 is 11.0. The summed E-state index contributed by atoms with van der Waals surface area (Å²) in [7, 11) is 1.61. The molecule has 0 bridgehead atoms. The maximum absolute atomic E-state index is 11.6. The maximum Gasteiger partial charge on any atom is 0.257 e. The Kier molecular flexibility index (Phi) is 8.76. The highest BCUT2D eigenvalue weighted by molar-refractivity contribution is 5.85. The molecule has 0 saturated carbocycles. The Hall–Kier alpha value is -2.28. The van der Waals surface area contributed by atoms with E-state index >= 15 is 0 Å². The monoisotopic (exact) mass is 419 g/mol. The Labute approximate surface area is 178 Å².